The van der Waals surface area contributed by atoms with E-state index in [2.05, 4.69) is 12.2 Å². The average molecular weight is 426 g/mol. The molecule has 1 N–H and O–H groups in total. The molecule has 2 aliphatic carbocycles. The van der Waals surface area contributed by atoms with Crippen LogP contribution in [0.1, 0.15) is 88.5 Å². The molecule has 6 nitrogen and oxygen atoms in total. The molecule has 168 valence electrons. The van der Waals surface area contributed by atoms with E-state index in [1.807, 2.05) is 28.5 Å². The molecule has 2 fully saturated rings. The van der Waals surface area contributed by atoms with Crippen molar-refractivity contribution in [1.82, 2.24) is 14.8 Å². The molecule has 2 aromatic rings. The van der Waals surface area contributed by atoms with Crippen LogP contribution in [0.4, 0.5) is 0 Å². The topological polar surface area (TPSA) is 67.5 Å². The van der Waals surface area contributed by atoms with Crippen molar-refractivity contribution in [2.45, 2.75) is 102 Å². The molecule has 2 amide bonds. The van der Waals surface area contributed by atoms with E-state index >= 15 is 0 Å². The molecule has 0 saturated heterocycles. The number of aromatic nitrogens is 1. The zero-order valence-electron chi connectivity index (χ0n) is 18.9. The van der Waals surface area contributed by atoms with E-state index in [9.17, 15) is 9.59 Å². The van der Waals surface area contributed by atoms with Crippen LogP contribution in [0.2, 0.25) is 0 Å². The van der Waals surface area contributed by atoms with Crippen molar-refractivity contribution < 1.29 is 14.0 Å². The normalized spacial score (nSPS) is 30.3. The Hall–Kier alpha value is -2.24. The summed E-state index contributed by atoms with van der Waals surface area (Å²) in [7, 11) is 0. The minimum Gasteiger partial charge on any atom is -0.463 e. The van der Waals surface area contributed by atoms with Crippen molar-refractivity contribution in [3.63, 3.8) is 0 Å². The first-order valence-electron chi connectivity index (χ1n) is 12.2. The highest BCUT2D eigenvalue weighted by molar-refractivity contribution is 6.03. The van der Waals surface area contributed by atoms with Gasteiger partial charge in [0.1, 0.15) is 11.2 Å². The SMILES string of the molecule is C[C@@H]1CCCC[C@@H]1NC(=O)[C@]1(C)Cn2c(cc3occc32)C(=O)N1C1CCCCCC1. The molecule has 2 aromatic heterocycles. The van der Waals surface area contributed by atoms with Gasteiger partial charge in [-0.15, -0.1) is 0 Å². The van der Waals surface area contributed by atoms with Crippen LogP contribution in [0.5, 0.6) is 0 Å². The molecule has 3 aliphatic rings. The van der Waals surface area contributed by atoms with Crippen molar-refractivity contribution >= 4 is 22.9 Å². The molecule has 0 spiro atoms. The number of fused-ring (bicyclic) bond motifs is 3. The summed E-state index contributed by atoms with van der Waals surface area (Å²) in [4.78, 5) is 29.7. The lowest BCUT2D eigenvalue weighted by atomic mass is 9.84. The molecule has 6 heteroatoms. The summed E-state index contributed by atoms with van der Waals surface area (Å²) >= 11 is 0. The molecule has 31 heavy (non-hydrogen) atoms. The van der Waals surface area contributed by atoms with Gasteiger partial charge in [0, 0.05) is 24.2 Å². The van der Waals surface area contributed by atoms with Gasteiger partial charge >= 0.3 is 0 Å². The van der Waals surface area contributed by atoms with E-state index in [0.29, 0.717) is 18.2 Å². The van der Waals surface area contributed by atoms with Gasteiger partial charge in [0.25, 0.3) is 5.91 Å². The van der Waals surface area contributed by atoms with Crippen LogP contribution >= 0.6 is 0 Å². The molecule has 2 saturated carbocycles. The molecule has 1 aliphatic heterocycles. The standard InChI is InChI=1S/C25H35N3O3/c1-17-9-7-8-12-19(17)26-24(30)25(2)16-27-20-13-14-31-22(20)15-21(27)23(29)28(25)18-10-5-3-4-6-11-18/h13-15,17-19H,3-12,16H2,1-2H3,(H,26,30)/t17-,19+,25+/m1/s1. The Bertz CT molecular complexity index is 968. The quantitative estimate of drug-likeness (QED) is 0.714. The Balaban J connectivity index is 1.53. The van der Waals surface area contributed by atoms with Crippen LogP contribution in [0.3, 0.4) is 0 Å². The van der Waals surface area contributed by atoms with Gasteiger partial charge in [0.15, 0.2) is 5.58 Å². The maximum atomic E-state index is 13.9. The van der Waals surface area contributed by atoms with Gasteiger partial charge in [-0.25, -0.2) is 0 Å². The zero-order chi connectivity index (χ0) is 21.6. The van der Waals surface area contributed by atoms with E-state index in [1.54, 1.807) is 6.26 Å². The van der Waals surface area contributed by atoms with Crippen LogP contribution in [0, 0.1) is 5.92 Å². The molecule has 0 unspecified atom stereocenters. The van der Waals surface area contributed by atoms with Gasteiger partial charge in [-0.3, -0.25) is 9.59 Å². The van der Waals surface area contributed by atoms with Crippen LogP contribution in [0.15, 0.2) is 22.8 Å². The van der Waals surface area contributed by atoms with E-state index in [-0.39, 0.29) is 23.9 Å². The third kappa shape index (κ3) is 3.48. The van der Waals surface area contributed by atoms with E-state index in [1.165, 1.54) is 19.3 Å². The third-order valence-electron chi connectivity index (χ3n) is 8.07. The molecule has 5 rings (SSSR count). The van der Waals surface area contributed by atoms with Crippen molar-refractivity contribution in [2.75, 3.05) is 0 Å². The van der Waals surface area contributed by atoms with Crippen LogP contribution < -0.4 is 5.32 Å². The Morgan fingerprint density at radius 3 is 2.55 bits per heavy atom. The van der Waals surface area contributed by atoms with Gasteiger partial charge < -0.3 is 19.2 Å². The number of hydrogen-bond acceptors (Lipinski definition) is 3. The molecular formula is C25H35N3O3. The highest BCUT2D eigenvalue weighted by atomic mass is 16.3. The lowest BCUT2D eigenvalue weighted by Crippen LogP contribution is -2.67. The van der Waals surface area contributed by atoms with Crippen LogP contribution in [-0.2, 0) is 11.3 Å². The summed E-state index contributed by atoms with van der Waals surface area (Å²) in [6.07, 6.45) is 12.9. The minimum atomic E-state index is -0.903. The molecule has 3 atom stereocenters. The van der Waals surface area contributed by atoms with Crippen LogP contribution in [-0.4, -0.2) is 38.9 Å². The maximum Gasteiger partial charge on any atom is 0.271 e. The molecule has 3 heterocycles. The van der Waals surface area contributed by atoms with E-state index < -0.39 is 5.54 Å². The van der Waals surface area contributed by atoms with Gasteiger partial charge in [0.05, 0.1) is 18.3 Å². The second-order valence-electron chi connectivity index (χ2n) is 10.2. The fraction of sp³-hybridized carbons (Fsp3) is 0.680. The summed E-state index contributed by atoms with van der Waals surface area (Å²) in [5.41, 5.74) is 1.36. The summed E-state index contributed by atoms with van der Waals surface area (Å²) in [6, 6.07) is 4.06. The molecular weight excluding hydrogens is 390 g/mol. The van der Waals surface area contributed by atoms with Crippen molar-refractivity contribution in [1.29, 1.82) is 0 Å². The predicted octanol–water partition coefficient (Wildman–Crippen LogP) is 4.87. The van der Waals surface area contributed by atoms with Crippen molar-refractivity contribution in [3.8, 4) is 0 Å². The van der Waals surface area contributed by atoms with Gasteiger partial charge in [0.2, 0.25) is 5.91 Å². The first kappa shape index (κ1) is 20.7. The smallest absolute Gasteiger partial charge is 0.271 e. The Labute approximate surface area is 184 Å². The number of nitrogens with zero attached hydrogens (tertiary/aromatic N) is 2. The molecule has 0 radical (unpaired) electrons. The second-order valence-corrected chi connectivity index (χ2v) is 10.2. The summed E-state index contributed by atoms with van der Waals surface area (Å²) in [5, 5.41) is 3.38. The second kappa shape index (κ2) is 8.03. The Morgan fingerprint density at radius 1 is 1.10 bits per heavy atom. The number of carbonyl (C=O) groups excluding carboxylic acids is 2. The average Bonchev–Trinajstić information content (AvgIpc) is 3.23. The summed E-state index contributed by atoms with van der Waals surface area (Å²) in [5.74, 6) is 0.452. The lowest BCUT2D eigenvalue weighted by Gasteiger charge is -2.48. The highest BCUT2D eigenvalue weighted by Crippen LogP contribution is 2.37. The summed E-state index contributed by atoms with van der Waals surface area (Å²) < 4.78 is 7.59. The number of carbonyl (C=O) groups is 2. The number of rotatable bonds is 3. The van der Waals surface area contributed by atoms with Gasteiger partial charge in [-0.05, 0) is 38.5 Å². The van der Waals surface area contributed by atoms with Gasteiger partial charge in [-0.1, -0.05) is 45.4 Å². The zero-order valence-corrected chi connectivity index (χ0v) is 18.9. The molecule has 0 bridgehead atoms. The number of nitrogens with one attached hydrogen (secondary N) is 1. The van der Waals surface area contributed by atoms with E-state index in [4.69, 9.17) is 4.42 Å². The van der Waals surface area contributed by atoms with E-state index in [0.717, 1.165) is 56.0 Å². The number of amides is 2. The predicted molar refractivity (Wildman–Crippen MR) is 120 cm³/mol. The third-order valence-corrected chi connectivity index (χ3v) is 8.07. The first-order valence-corrected chi connectivity index (χ1v) is 12.2. The molecule has 0 aromatic carbocycles. The van der Waals surface area contributed by atoms with Crippen molar-refractivity contribution in [3.05, 3.63) is 24.1 Å². The fourth-order valence-corrected chi connectivity index (χ4v) is 6.18. The largest absolute Gasteiger partial charge is 0.463 e. The monoisotopic (exact) mass is 425 g/mol. The number of hydrogen-bond donors (Lipinski definition) is 1. The first-order chi connectivity index (χ1) is 15.0. The lowest BCUT2D eigenvalue weighted by molar-refractivity contribution is -0.135. The van der Waals surface area contributed by atoms with Crippen molar-refractivity contribution in [2.24, 2.45) is 5.92 Å². The minimum absolute atomic E-state index is 0.000146. The fourth-order valence-electron chi connectivity index (χ4n) is 6.18. The van der Waals surface area contributed by atoms with Gasteiger partial charge in [-0.2, -0.15) is 0 Å². The van der Waals surface area contributed by atoms with Crippen LogP contribution in [0.25, 0.3) is 11.1 Å². The highest BCUT2D eigenvalue weighted by Gasteiger charge is 2.51. The number of furan rings is 1. The summed E-state index contributed by atoms with van der Waals surface area (Å²) in [6.45, 7) is 4.69. The Morgan fingerprint density at radius 2 is 1.81 bits per heavy atom. The maximum absolute atomic E-state index is 13.9. The Kier molecular flexibility index (Phi) is 5.35.